The van der Waals surface area contributed by atoms with Gasteiger partial charge in [0.05, 0.1) is 12.1 Å². The Morgan fingerprint density at radius 2 is 1.59 bits per heavy atom. The zero-order chi connectivity index (χ0) is 16.2. The van der Waals surface area contributed by atoms with Gasteiger partial charge in [0.2, 0.25) is 0 Å². The van der Waals surface area contributed by atoms with Crippen molar-refractivity contribution in [3.63, 3.8) is 0 Å². The number of nitrogens with two attached hydrogens (primary N) is 1. The van der Waals surface area contributed by atoms with Gasteiger partial charge in [-0.2, -0.15) is 0 Å². The first-order valence-corrected chi connectivity index (χ1v) is 7.59. The summed E-state index contributed by atoms with van der Waals surface area (Å²) in [6.07, 6.45) is -0.644. The molecule has 0 heterocycles. The Kier molecular flexibility index (Phi) is 5.22. The maximum Gasteiger partial charge on any atom is 0.124 e. The van der Waals surface area contributed by atoms with Crippen LogP contribution < -0.4 is 10.5 Å². The Labute approximate surface area is 132 Å². The molecule has 3 heteroatoms. The lowest BCUT2D eigenvalue weighted by molar-refractivity contribution is 0.0392. The van der Waals surface area contributed by atoms with Gasteiger partial charge in [0, 0.05) is 5.56 Å². The molecule has 0 aromatic heterocycles. The monoisotopic (exact) mass is 299 g/mol. The van der Waals surface area contributed by atoms with Gasteiger partial charge in [-0.05, 0) is 17.0 Å². The van der Waals surface area contributed by atoms with E-state index in [1.165, 1.54) is 0 Å². The summed E-state index contributed by atoms with van der Waals surface area (Å²) < 4.78 is 5.92. The molecule has 0 spiro atoms. The lowest BCUT2D eigenvalue weighted by Crippen LogP contribution is -2.37. The Hall–Kier alpha value is -1.84. The van der Waals surface area contributed by atoms with E-state index in [0.29, 0.717) is 6.61 Å². The number of para-hydroxylation sites is 1. The SMILES string of the molecule is CC(C)(C)[C@@H](O)[C@@H](N)c1ccccc1OCc1ccccc1. The van der Waals surface area contributed by atoms with Crippen molar-refractivity contribution >= 4 is 0 Å². The van der Waals surface area contributed by atoms with Gasteiger partial charge >= 0.3 is 0 Å². The number of benzene rings is 2. The summed E-state index contributed by atoms with van der Waals surface area (Å²) in [5, 5.41) is 10.4. The summed E-state index contributed by atoms with van der Waals surface area (Å²) in [4.78, 5) is 0. The van der Waals surface area contributed by atoms with Gasteiger partial charge in [-0.15, -0.1) is 0 Å². The van der Waals surface area contributed by atoms with Crippen LogP contribution in [0.15, 0.2) is 54.6 Å². The molecule has 2 aromatic carbocycles. The summed E-state index contributed by atoms with van der Waals surface area (Å²) in [7, 11) is 0. The molecule has 0 amide bonds. The van der Waals surface area contributed by atoms with Gasteiger partial charge < -0.3 is 15.6 Å². The Morgan fingerprint density at radius 1 is 1.00 bits per heavy atom. The molecule has 0 radical (unpaired) electrons. The fourth-order valence-corrected chi connectivity index (χ4v) is 2.33. The highest BCUT2D eigenvalue weighted by atomic mass is 16.5. The zero-order valence-corrected chi connectivity index (χ0v) is 13.5. The predicted molar refractivity (Wildman–Crippen MR) is 89.6 cm³/mol. The number of hydrogen-bond acceptors (Lipinski definition) is 3. The van der Waals surface area contributed by atoms with Crippen LogP contribution in [0.2, 0.25) is 0 Å². The molecule has 2 aromatic rings. The quantitative estimate of drug-likeness (QED) is 0.885. The predicted octanol–water partition coefficient (Wildman–Crippen LogP) is 3.67. The third-order valence-electron chi connectivity index (χ3n) is 3.74. The number of aliphatic hydroxyl groups excluding tert-OH is 1. The number of rotatable bonds is 5. The maximum atomic E-state index is 10.4. The average Bonchev–Trinajstić information content (AvgIpc) is 2.52. The first kappa shape index (κ1) is 16.5. The number of aliphatic hydroxyl groups is 1. The lowest BCUT2D eigenvalue weighted by Gasteiger charge is -2.31. The van der Waals surface area contributed by atoms with Crippen LogP contribution in [0, 0.1) is 5.41 Å². The van der Waals surface area contributed by atoms with Crippen LogP contribution in [0.3, 0.4) is 0 Å². The van der Waals surface area contributed by atoms with Crippen molar-refractivity contribution in [1.82, 2.24) is 0 Å². The van der Waals surface area contributed by atoms with Gasteiger partial charge in [-0.25, -0.2) is 0 Å². The van der Waals surface area contributed by atoms with E-state index < -0.39 is 12.1 Å². The van der Waals surface area contributed by atoms with Gasteiger partial charge in [0.15, 0.2) is 0 Å². The van der Waals surface area contributed by atoms with Crippen LogP contribution in [-0.2, 0) is 6.61 Å². The zero-order valence-electron chi connectivity index (χ0n) is 13.5. The van der Waals surface area contributed by atoms with E-state index in [2.05, 4.69) is 0 Å². The molecule has 118 valence electrons. The minimum absolute atomic E-state index is 0.286. The van der Waals surface area contributed by atoms with Crippen molar-refractivity contribution in [2.75, 3.05) is 0 Å². The highest BCUT2D eigenvalue weighted by Gasteiger charge is 2.30. The minimum Gasteiger partial charge on any atom is -0.489 e. The summed E-state index contributed by atoms with van der Waals surface area (Å²) in [6.45, 7) is 6.41. The van der Waals surface area contributed by atoms with Gasteiger partial charge in [0.1, 0.15) is 12.4 Å². The average molecular weight is 299 g/mol. The second kappa shape index (κ2) is 6.95. The first-order chi connectivity index (χ1) is 10.4. The van der Waals surface area contributed by atoms with Crippen LogP contribution in [0.1, 0.15) is 37.9 Å². The fourth-order valence-electron chi connectivity index (χ4n) is 2.33. The minimum atomic E-state index is -0.644. The summed E-state index contributed by atoms with van der Waals surface area (Å²) >= 11 is 0. The molecule has 0 aliphatic carbocycles. The van der Waals surface area contributed by atoms with Crippen LogP contribution in [0.5, 0.6) is 5.75 Å². The molecule has 0 aliphatic rings. The molecule has 3 nitrogen and oxygen atoms in total. The number of ether oxygens (including phenoxy) is 1. The van der Waals surface area contributed by atoms with Crippen molar-refractivity contribution in [2.24, 2.45) is 11.1 Å². The van der Waals surface area contributed by atoms with Crippen LogP contribution in [-0.4, -0.2) is 11.2 Å². The van der Waals surface area contributed by atoms with E-state index in [1.54, 1.807) is 0 Å². The van der Waals surface area contributed by atoms with Gasteiger partial charge in [0.25, 0.3) is 0 Å². The highest BCUT2D eigenvalue weighted by Crippen LogP contribution is 2.33. The van der Waals surface area contributed by atoms with Crippen LogP contribution in [0.25, 0.3) is 0 Å². The second-order valence-corrected chi connectivity index (χ2v) is 6.65. The molecular formula is C19H25NO2. The lowest BCUT2D eigenvalue weighted by atomic mass is 9.82. The Bertz CT molecular complexity index is 590. The topological polar surface area (TPSA) is 55.5 Å². The first-order valence-electron chi connectivity index (χ1n) is 7.59. The van der Waals surface area contributed by atoms with Gasteiger partial charge in [-0.1, -0.05) is 69.3 Å². The van der Waals surface area contributed by atoms with E-state index >= 15 is 0 Å². The third kappa shape index (κ3) is 4.09. The van der Waals surface area contributed by atoms with Crippen molar-refractivity contribution in [3.8, 4) is 5.75 Å². The van der Waals surface area contributed by atoms with Crippen molar-refractivity contribution < 1.29 is 9.84 Å². The third-order valence-corrected chi connectivity index (χ3v) is 3.74. The largest absolute Gasteiger partial charge is 0.489 e. The van der Waals surface area contributed by atoms with Crippen LogP contribution in [0.4, 0.5) is 0 Å². The molecule has 2 atom stereocenters. The molecular weight excluding hydrogens is 274 g/mol. The molecule has 3 N–H and O–H groups in total. The molecule has 0 aliphatic heterocycles. The fraction of sp³-hybridized carbons (Fsp3) is 0.368. The second-order valence-electron chi connectivity index (χ2n) is 6.65. The Morgan fingerprint density at radius 3 is 2.23 bits per heavy atom. The molecule has 0 saturated heterocycles. The van der Waals surface area contributed by atoms with Crippen molar-refractivity contribution in [3.05, 3.63) is 65.7 Å². The van der Waals surface area contributed by atoms with Crippen molar-refractivity contribution in [1.29, 1.82) is 0 Å². The van der Waals surface area contributed by atoms with E-state index in [-0.39, 0.29) is 5.41 Å². The summed E-state index contributed by atoms with van der Waals surface area (Å²) in [6, 6.07) is 17.2. The number of hydrogen-bond donors (Lipinski definition) is 2. The van der Waals surface area contributed by atoms with Gasteiger partial charge in [-0.3, -0.25) is 0 Å². The molecule has 0 bridgehead atoms. The van der Waals surface area contributed by atoms with Crippen LogP contribution >= 0.6 is 0 Å². The standard InChI is InChI=1S/C19H25NO2/c1-19(2,3)18(21)17(20)15-11-7-8-12-16(15)22-13-14-9-5-4-6-10-14/h4-12,17-18,21H,13,20H2,1-3H3/t17-,18-/m0/s1. The normalized spacial score (nSPS) is 14.4. The molecule has 0 saturated carbocycles. The molecule has 2 rings (SSSR count). The maximum absolute atomic E-state index is 10.4. The summed E-state index contributed by atoms with van der Waals surface area (Å²) in [5.41, 5.74) is 7.91. The molecule has 0 fully saturated rings. The van der Waals surface area contributed by atoms with E-state index in [1.807, 2.05) is 75.4 Å². The Balaban J connectivity index is 2.16. The smallest absolute Gasteiger partial charge is 0.124 e. The molecule has 0 unspecified atom stereocenters. The highest BCUT2D eigenvalue weighted by molar-refractivity contribution is 5.37. The summed E-state index contributed by atoms with van der Waals surface area (Å²) in [5.74, 6) is 0.724. The van der Waals surface area contributed by atoms with E-state index in [4.69, 9.17) is 10.5 Å². The van der Waals surface area contributed by atoms with Crippen molar-refractivity contribution in [2.45, 2.75) is 39.5 Å². The van der Waals surface area contributed by atoms with E-state index in [9.17, 15) is 5.11 Å². The molecule has 22 heavy (non-hydrogen) atoms. The van der Waals surface area contributed by atoms with E-state index in [0.717, 1.165) is 16.9 Å².